The van der Waals surface area contributed by atoms with Crippen LogP contribution in [-0.4, -0.2) is 25.8 Å². The molecule has 0 atom stereocenters. The third-order valence-electron chi connectivity index (χ3n) is 3.31. The van der Waals surface area contributed by atoms with Crippen LogP contribution in [0.4, 0.5) is 0 Å². The van der Waals surface area contributed by atoms with Crippen LogP contribution in [0.3, 0.4) is 0 Å². The third kappa shape index (κ3) is 12.2. The molecule has 0 bridgehead atoms. The third-order valence-corrected chi connectivity index (χ3v) is 3.31. The summed E-state index contributed by atoms with van der Waals surface area (Å²) in [4.78, 5) is 0. The van der Waals surface area contributed by atoms with E-state index in [9.17, 15) is 0 Å². The molecule has 104 valence electrons. The summed E-state index contributed by atoms with van der Waals surface area (Å²) in [5, 5.41) is 3.51. The first-order valence-corrected chi connectivity index (χ1v) is 7.66. The SMILES string of the molecule is CCCCCCCCOCCNC(CC)CC. The average Bonchev–Trinajstić information content (AvgIpc) is 2.36. The molecule has 0 rings (SSSR count). The molecular weight excluding hydrogens is 210 g/mol. The Kier molecular flexibility index (Phi) is 13.9. The van der Waals surface area contributed by atoms with Gasteiger partial charge in [0, 0.05) is 19.2 Å². The van der Waals surface area contributed by atoms with Crippen molar-refractivity contribution in [3.05, 3.63) is 0 Å². The molecule has 0 heterocycles. The van der Waals surface area contributed by atoms with E-state index in [0.717, 1.165) is 19.8 Å². The molecule has 0 amide bonds. The molecule has 0 saturated heterocycles. The second kappa shape index (κ2) is 14.0. The molecule has 17 heavy (non-hydrogen) atoms. The number of rotatable bonds is 13. The van der Waals surface area contributed by atoms with Crippen molar-refractivity contribution >= 4 is 0 Å². The van der Waals surface area contributed by atoms with Gasteiger partial charge in [0.25, 0.3) is 0 Å². The van der Waals surface area contributed by atoms with Gasteiger partial charge in [-0.15, -0.1) is 0 Å². The van der Waals surface area contributed by atoms with Crippen LogP contribution in [0.5, 0.6) is 0 Å². The molecule has 0 aliphatic heterocycles. The van der Waals surface area contributed by atoms with E-state index in [4.69, 9.17) is 4.74 Å². The number of ether oxygens (including phenoxy) is 1. The van der Waals surface area contributed by atoms with Crippen molar-refractivity contribution in [1.29, 1.82) is 0 Å². The van der Waals surface area contributed by atoms with Gasteiger partial charge in [-0.1, -0.05) is 52.9 Å². The minimum Gasteiger partial charge on any atom is -0.380 e. The number of nitrogens with one attached hydrogen (secondary N) is 1. The minimum atomic E-state index is 0.674. The van der Waals surface area contributed by atoms with Gasteiger partial charge in [0.1, 0.15) is 0 Å². The lowest BCUT2D eigenvalue weighted by molar-refractivity contribution is 0.129. The monoisotopic (exact) mass is 243 g/mol. The zero-order chi connectivity index (χ0) is 12.8. The van der Waals surface area contributed by atoms with Crippen LogP contribution in [0.15, 0.2) is 0 Å². The molecule has 0 aromatic rings. The molecular formula is C15H33NO. The van der Waals surface area contributed by atoms with Gasteiger partial charge in [0.05, 0.1) is 6.61 Å². The van der Waals surface area contributed by atoms with Crippen molar-refractivity contribution in [3.8, 4) is 0 Å². The topological polar surface area (TPSA) is 21.3 Å². The van der Waals surface area contributed by atoms with E-state index in [-0.39, 0.29) is 0 Å². The lowest BCUT2D eigenvalue weighted by Crippen LogP contribution is -2.30. The first-order valence-electron chi connectivity index (χ1n) is 7.66. The second-order valence-electron chi connectivity index (χ2n) is 4.85. The van der Waals surface area contributed by atoms with E-state index in [0.29, 0.717) is 6.04 Å². The van der Waals surface area contributed by atoms with Crippen molar-refractivity contribution < 1.29 is 4.74 Å². The van der Waals surface area contributed by atoms with E-state index in [1.165, 1.54) is 51.4 Å². The van der Waals surface area contributed by atoms with Crippen molar-refractivity contribution in [2.24, 2.45) is 0 Å². The highest BCUT2D eigenvalue weighted by Crippen LogP contribution is 2.04. The number of hydrogen-bond donors (Lipinski definition) is 1. The van der Waals surface area contributed by atoms with Crippen molar-refractivity contribution in [3.63, 3.8) is 0 Å². The van der Waals surface area contributed by atoms with Crippen LogP contribution in [0.1, 0.15) is 72.1 Å². The van der Waals surface area contributed by atoms with Crippen LogP contribution < -0.4 is 5.32 Å². The predicted molar refractivity (Wildman–Crippen MR) is 76.6 cm³/mol. The summed E-state index contributed by atoms with van der Waals surface area (Å²) in [7, 11) is 0. The molecule has 0 fully saturated rings. The summed E-state index contributed by atoms with van der Waals surface area (Å²) in [6.07, 6.45) is 10.5. The lowest BCUT2D eigenvalue weighted by atomic mass is 10.1. The van der Waals surface area contributed by atoms with Crippen LogP contribution in [0.2, 0.25) is 0 Å². The van der Waals surface area contributed by atoms with Crippen molar-refractivity contribution in [1.82, 2.24) is 5.32 Å². The molecule has 0 aliphatic rings. The Morgan fingerprint density at radius 2 is 1.47 bits per heavy atom. The molecule has 0 saturated carbocycles. The molecule has 0 radical (unpaired) electrons. The second-order valence-corrected chi connectivity index (χ2v) is 4.85. The molecule has 2 nitrogen and oxygen atoms in total. The van der Waals surface area contributed by atoms with Crippen LogP contribution in [-0.2, 0) is 4.74 Å². The maximum atomic E-state index is 5.62. The molecule has 0 aliphatic carbocycles. The molecule has 1 N–H and O–H groups in total. The van der Waals surface area contributed by atoms with Gasteiger partial charge in [-0.3, -0.25) is 0 Å². The van der Waals surface area contributed by atoms with E-state index in [1.807, 2.05) is 0 Å². The fourth-order valence-corrected chi connectivity index (χ4v) is 2.00. The van der Waals surface area contributed by atoms with Gasteiger partial charge in [-0.2, -0.15) is 0 Å². The highest BCUT2D eigenvalue weighted by Gasteiger charge is 2.00. The molecule has 0 aromatic carbocycles. The zero-order valence-electron chi connectivity index (χ0n) is 12.3. The Bertz CT molecular complexity index is 135. The van der Waals surface area contributed by atoms with E-state index >= 15 is 0 Å². The summed E-state index contributed by atoms with van der Waals surface area (Å²) in [5.41, 5.74) is 0. The Labute approximate surface area is 109 Å². The van der Waals surface area contributed by atoms with Crippen molar-refractivity contribution in [2.45, 2.75) is 78.2 Å². The van der Waals surface area contributed by atoms with Crippen LogP contribution >= 0.6 is 0 Å². The van der Waals surface area contributed by atoms with Crippen LogP contribution in [0.25, 0.3) is 0 Å². The maximum absolute atomic E-state index is 5.62. The fraction of sp³-hybridized carbons (Fsp3) is 1.00. The van der Waals surface area contributed by atoms with Gasteiger partial charge in [0.2, 0.25) is 0 Å². The molecule has 0 aromatic heterocycles. The highest BCUT2D eigenvalue weighted by molar-refractivity contribution is 4.61. The zero-order valence-corrected chi connectivity index (χ0v) is 12.3. The highest BCUT2D eigenvalue weighted by atomic mass is 16.5. The summed E-state index contributed by atoms with van der Waals surface area (Å²) in [6, 6.07) is 0.674. The minimum absolute atomic E-state index is 0.674. The lowest BCUT2D eigenvalue weighted by Gasteiger charge is -2.14. The Morgan fingerprint density at radius 1 is 0.824 bits per heavy atom. The van der Waals surface area contributed by atoms with Gasteiger partial charge < -0.3 is 10.1 Å². The summed E-state index contributed by atoms with van der Waals surface area (Å²) < 4.78 is 5.62. The first-order chi connectivity index (χ1) is 8.35. The first kappa shape index (κ1) is 16.9. The predicted octanol–water partition coefficient (Wildman–Crippen LogP) is 4.14. The summed E-state index contributed by atoms with van der Waals surface area (Å²) >= 11 is 0. The normalized spacial score (nSPS) is 11.3. The Balaban J connectivity index is 3.03. The molecule has 0 spiro atoms. The Hall–Kier alpha value is -0.0800. The fourth-order valence-electron chi connectivity index (χ4n) is 2.00. The van der Waals surface area contributed by atoms with E-state index < -0.39 is 0 Å². The Morgan fingerprint density at radius 3 is 2.12 bits per heavy atom. The average molecular weight is 243 g/mol. The molecule has 0 unspecified atom stereocenters. The van der Waals surface area contributed by atoms with Crippen LogP contribution in [0, 0.1) is 0 Å². The van der Waals surface area contributed by atoms with Gasteiger partial charge >= 0.3 is 0 Å². The van der Waals surface area contributed by atoms with Gasteiger partial charge in [-0.25, -0.2) is 0 Å². The smallest absolute Gasteiger partial charge is 0.0590 e. The molecule has 2 heteroatoms. The van der Waals surface area contributed by atoms with Gasteiger partial charge in [-0.05, 0) is 19.3 Å². The quantitative estimate of drug-likeness (QED) is 0.491. The largest absolute Gasteiger partial charge is 0.380 e. The summed E-state index contributed by atoms with van der Waals surface area (Å²) in [5.74, 6) is 0. The van der Waals surface area contributed by atoms with E-state index in [2.05, 4.69) is 26.1 Å². The van der Waals surface area contributed by atoms with Crippen molar-refractivity contribution in [2.75, 3.05) is 19.8 Å². The maximum Gasteiger partial charge on any atom is 0.0590 e. The standard InChI is InChI=1S/C15H33NO/c1-4-7-8-9-10-11-13-17-14-12-16-15(5-2)6-3/h15-16H,4-14H2,1-3H3. The number of hydrogen-bond acceptors (Lipinski definition) is 2. The van der Waals surface area contributed by atoms with E-state index in [1.54, 1.807) is 0 Å². The summed E-state index contributed by atoms with van der Waals surface area (Å²) in [6.45, 7) is 9.54. The van der Waals surface area contributed by atoms with Gasteiger partial charge in [0.15, 0.2) is 0 Å². The number of unbranched alkanes of at least 4 members (excludes halogenated alkanes) is 5.